The van der Waals surface area contributed by atoms with Crippen molar-refractivity contribution in [3.63, 3.8) is 0 Å². The number of benzene rings is 2. The molecule has 0 atom stereocenters. The molecule has 1 aliphatic rings. The van der Waals surface area contributed by atoms with E-state index in [9.17, 15) is 13.2 Å². The van der Waals surface area contributed by atoms with Gasteiger partial charge in [-0.05, 0) is 67.3 Å². The second-order valence-electron chi connectivity index (χ2n) is 11.3. The van der Waals surface area contributed by atoms with Gasteiger partial charge in [0.2, 0.25) is 10.0 Å². The summed E-state index contributed by atoms with van der Waals surface area (Å²) in [4.78, 5) is 22.1. The van der Waals surface area contributed by atoms with Crippen molar-refractivity contribution in [1.82, 2.24) is 14.2 Å². The number of sulfonamides is 1. The highest BCUT2D eigenvalue weighted by Gasteiger charge is 2.28. The van der Waals surface area contributed by atoms with Gasteiger partial charge in [0, 0.05) is 42.2 Å². The molecule has 0 bridgehead atoms. The Labute approximate surface area is 257 Å². The van der Waals surface area contributed by atoms with Crippen LogP contribution in [0.15, 0.2) is 53.4 Å². The lowest BCUT2D eigenvalue weighted by molar-refractivity contribution is 0.102. The normalized spacial score (nSPS) is 14.0. The Bertz CT molecular complexity index is 1590. The van der Waals surface area contributed by atoms with Crippen LogP contribution in [0.5, 0.6) is 0 Å². The zero-order valence-corrected chi connectivity index (χ0v) is 27.3. The number of likely N-dealkylation sites (N-methyl/N-ethyl adjacent to an activating group) is 1. The molecule has 11 heteroatoms. The summed E-state index contributed by atoms with van der Waals surface area (Å²) in [6.45, 7) is 10.8. The summed E-state index contributed by atoms with van der Waals surface area (Å²) in [7, 11) is -1.55. The van der Waals surface area contributed by atoms with E-state index in [2.05, 4.69) is 23.3 Å². The van der Waals surface area contributed by atoms with Gasteiger partial charge in [0.05, 0.1) is 15.1 Å². The smallest absolute Gasteiger partial charge is 0.256 e. The maximum atomic E-state index is 13.4. The molecule has 2 aromatic carbocycles. The lowest BCUT2D eigenvalue weighted by atomic mass is 10.0. The quantitative estimate of drug-likeness (QED) is 0.215. The minimum atomic E-state index is -3.66. The molecule has 7 nitrogen and oxygen atoms in total. The average molecular weight is 633 g/mol. The number of halogens is 1. The summed E-state index contributed by atoms with van der Waals surface area (Å²) in [5, 5.41) is 4.85. The van der Waals surface area contributed by atoms with Crippen LogP contribution in [0.3, 0.4) is 0 Å². The van der Waals surface area contributed by atoms with Crippen molar-refractivity contribution in [3.8, 4) is 10.6 Å². The van der Waals surface area contributed by atoms with Crippen LogP contribution in [0.2, 0.25) is 0 Å². The second kappa shape index (κ2) is 12.9. The summed E-state index contributed by atoms with van der Waals surface area (Å²) >= 11 is 3.25. The topological polar surface area (TPSA) is 82.6 Å². The minimum Gasteiger partial charge on any atom is -0.313 e. The fraction of sp³-hybridized carbons (Fsp3) is 0.400. The number of rotatable bonds is 9. The number of fused-ring (bicyclic) bond motifs is 2. The predicted octanol–water partition coefficient (Wildman–Crippen LogP) is 6.99. The van der Waals surface area contributed by atoms with Gasteiger partial charge in [-0.3, -0.25) is 4.79 Å². The Morgan fingerprint density at radius 2 is 1.68 bits per heavy atom. The summed E-state index contributed by atoms with van der Waals surface area (Å²) < 4.78 is 29.5. The zero-order valence-electron chi connectivity index (χ0n) is 24.0. The molecule has 0 saturated heterocycles. The molecule has 3 heterocycles. The molecule has 2 aromatic heterocycles. The Balaban J connectivity index is 0.00000387. The predicted molar refractivity (Wildman–Crippen MR) is 173 cm³/mol. The van der Waals surface area contributed by atoms with Crippen molar-refractivity contribution in [2.45, 2.75) is 45.6 Å². The molecule has 0 saturated carbocycles. The van der Waals surface area contributed by atoms with Crippen molar-refractivity contribution in [2.75, 3.05) is 32.0 Å². The van der Waals surface area contributed by atoms with Crippen molar-refractivity contribution in [2.24, 2.45) is 11.8 Å². The highest BCUT2D eigenvalue weighted by atomic mass is 35.5. The van der Waals surface area contributed by atoms with E-state index < -0.39 is 10.0 Å². The van der Waals surface area contributed by atoms with Crippen molar-refractivity contribution in [3.05, 3.63) is 64.5 Å². The number of nitrogens with zero attached hydrogens (tertiary/aromatic N) is 3. The molecule has 1 amide bonds. The van der Waals surface area contributed by atoms with Crippen LogP contribution in [-0.4, -0.2) is 55.2 Å². The SMILES string of the molecule is CC(C)CN(CC(C)C)S(=O)(=O)c1ccc(C(=O)Nc2sc3c(c2-c2nc4ccccc4s2)CCN(C)C3)cc1.Cl. The van der Waals surface area contributed by atoms with Crippen LogP contribution in [-0.2, 0) is 23.0 Å². The molecule has 4 aromatic rings. The molecule has 0 fully saturated rings. The van der Waals surface area contributed by atoms with Gasteiger partial charge in [0.15, 0.2) is 0 Å². The number of hydrogen-bond acceptors (Lipinski definition) is 7. The summed E-state index contributed by atoms with van der Waals surface area (Å²) in [5.41, 5.74) is 3.64. The first-order valence-electron chi connectivity index (χ1n) is 13.6. The van der Waals surface area contributed by atoms with Gasteiger partial charge in [-0.15, -0.1) is 35.1 Å². The molecular weight excluding hydrogens is 596 g/mol. The monoisotopic (exact) mass is 632 g/mol. The number of carbonyl (C=O) groups is 1. The Hall–Kier alpha value is -2.34. The third-order valence-electron chi connectivity index (χ3n) is 6.87. The lowest BCUT2D eigenvalue weighted by Gasteiger charge is -2.25. The van der Waals surface area contributed by atoms with Gasteiger partial charge in [-0.1, -0.05) is 39.8 Å². The Kier molecular flexibility index (Phi) is 9.93. The number of thiophene rings is 1. The van der Waals surface area contributed by atoms with Gasteiger partial charge in [-0.2, -0.15) is 4.31 Å². The van der Waals surface area contributed by atoms with Crippen LogP contribution in [0.1, 0.15) is 48.5 Å². The highest BCUT2D eigenvalue weighted by molar-refractivity contribution is 7.89. The highest BCUT2D eigenvalue weighted by Crippen LogP contribution is 2.45. The molecule has 220 valence electrons. The molecule has 1 aliphatic heterocycles. The van der Waals surface area contributed by atoms with E-state index in [1.54, 1.807) is 51.2 Å². The lowest BCUT2D eigenvalue weighted by Crippen LogP contribution is -2.37. The van der Waals surface area contributed by atoms with Crippen LogP contribution in [0.4, 0.5) is 5.00 Å². The number of nitrogens with one attached hydrogen (secondary N) is 1. The standard InChI is InChI=1S/C30H36N4O3S3.ClH/c1-19(2)16-34(17-20(3)4)40(36,37)22-12-10-21(11-13-22)28(35)32-30-27(23-14-15-33(5)18-26(23)39-30)29-31-24-8-6-7-9-25(24)38-29;/h6-13,19-20H,14-18H2,1-5H3,(H,32,35);1H. The number of hydrogen-bond donors (Lipinski definition) is 1. The number of carbonyl (C=O) groups excluding carboxylic acids is 1. The number of aromatic nitrogens is 1. The number of anilines is 1. The first-order chi connectivity index (χ1) is 19.0. The van der Waals surface area contributed by atoms with Crippen LogP contribution < -0.4 is 5.32 Å². The van der Waals surface area contributed by atoms with Gasteiger partial charge < -0.3 is 10.2 Å². The molecule has 41 heavy (non-hydrogen) atoms. The summed E-state index contributed by atoms with van der Waals surface area (Å²) in [5.74, 6) is 0.152. The third-order valence-corrected chi connectivity index (χ3v) is 10.9. The Morgan fingerprint density at radius 3 is 2.32 bits per heavy atom. The van der Waals surface area contributed by atoms with Crippen LogP contribution in [0, 0.1) is 11.8 Å². The van der Waals surface area contributed by atoms with E-state index in [1.165, 1.54) is 10.4 Å². The summed E-state index contributed by atoms with van der Waals surface area (Å²) in [6, 6.07) is 14.4. The fourth-order valence-corrected chi connectivity index (χ4v) is 9.21. The van der Waals surface area contributed by atoms with E-state index in [4.69, 9.17) is 4.98 Å². The molecule has 0 unspecified atom stereocenters. The number of amides is 1. The number of thiazole rings is 1. The average Bonchev–Trinajstić information content (AvgIpc) is 3.48. The fourth-order valence-electron chi connectivity index (χ4n) is 5.01. The molecule has 0 spiro atoms. The van der Waals surface area contributed by atoms with Crippen molar-refractivity contribution in [1.29, 1.82) is 0 Å². The van der Waals surface area contributed by atoms with E-state index in [0.717, 1.165) is 45.3 Å². The van der Waals surface area contributed by atoms with Crippen molar-refractivity contribution >= 4 is 66.2 Å². The minimum absolute atomic E-state index is 0. The van der Waals surface area contributed by atoms with Gasteiger partial charge in [0.1, 0.15) is 10.0 Å². The Morgan fingerprint density at radius 1 is 1.02 bits per heavy atom. The molecule has 0 aliphatic carbocycles. The largest absolute Gasteiger partial charge is 0.313 e. The number of para-hydroxylation sites is 1. The van der Waals surface area contributed by atoms with Crippen LogP contribution in [0.25, 0.3) is 20.8 Å². The van der Waals surface area contributed by atoms with Gasteiger partial charge >= 0.3 is 0 Å². The molecule has 5 rings (SSSR count). The zero-order chi connectivity index (χ0) is 28.6. The van der Waals surface area contributed by atoms with Gasteiger partial charge in [-0.25, -0.2) is 13.4 Å². The van der Waals surface area contributed by atoms with Gasteiger partial charge in [0.25, 0.3) is 5.91 Å². The third kappa shape index (κ3) is 6.84. The maximum absolute atomic E-state index is 13.4. The summed E-state index contributed by atoms with van der Waals surface area (Å²) in [6.07, 6.45) is 0.902. The second-order valence-corrected chi connectivity index (χ2v) is 15.3. The van der Waals surface area contributed by atoms with Crippen LogP contribution >= 0.6 is 35.1 Å². The van der Waals surface area contributed by atoms with E-state index in [-0.39, 0.29) is 35.0 Å². The van der Waals surface area contributed by atoms with E-state index >= 15 is 0 Å². The van der Waals surface area contributed by atoms with Crippen molar-refractivity contribution < 1.29 is 13.2 Å². The van der Waals surface area contributed by atoms with E-state index in [0.29, 0.717) is 18.7 Å². The molecular formula is C30H37ClN4O3S3. The first kappa shape index (κ1) is 31.6. The molecule has 0 radical (unpaired) electrons. The van der Waals surface area contributed by atoms with E-state index in [1.807, 2.05) is 45.9 Å². The molecule has 1 N–H and O–H groups in total. The first-order valence-corrected chi connectivity index (χ1v) is 16.7. The maximum Gasteiger partial charge on any atom is 0.256 e.